The summed E-state index contributed by atoms with van der Waals surface area (Å²) in [6.07, 6.45) is -8.92. The van der Waals surface area contributed by atoms with Crippen LogP contribution in [-0.4, -0.2) is 82.2 Å². The Kier molecular flexibility index (Phi) is 8.64. The van der Waals surface area contributed by atoms with E-state index < -0.39 is 35.9 Å². The predicted octanol–water partition coefficient (Wildman–Crippen LogP) is 0.367. The average molecular weight is 528 g/mol. The van der Waals surface area contributed by atoms with Gasteiger partial charge < -0.3 is 24.4 Å². The zero-order valence-electron chi connectivity index (χ0n) is 20.7. The maximum Gasteiger partial charge on any atom is 0.490 e. The molecule has 0 saturated carbocycles. The van der Waals surface area contributed by atoms with Gasteiger partial charge in [0.2, 0.25) is 12.1 Å². The van der Waals surface area contributed by atoms with Crippen molar-refractivity contribution in [2.45, 2.75) is 45.7 Å². The molecule has 2 atom stereocenters. The molecule has 1 aliphatic heterocycles. The number of piperazine rings is 1. The van der Waals surface area contributed by atoms with Crippen LogP contribution in [0.15, 0.2) is 4.79 Å². The molecule has 3 heterocycles. The largest absolute Gasteiger partial charge is 0.490 e. The summed E-state index contributed by atoms with van der Waals surface area (Å²) in [7, 11) is 1.34. The lowest BCUT2D eigenvalue weighted by molar-refractivity contribution is -0.212. The van der Waals surface area contributed by atoms with Crippen molar-refractivity contribution in [1.29, 1.82) is 0 Å². The van der Waals surface area contributed by atoms with Gasteiger partial charge in [0.1, 0.15) is 6.10 Å². The summed E-state index contributed by atoms with van der Waals surface area (Å²) in [5, 5.41) is 3.23. The molecule has 1 N–H and O–H groups in total. The van der Waals surface area contributed by atoms with Crippen molar-refractivity contribution >= 4 is 29.1 Å². The molecular weight excluding hydrogens is 501 g/mol. The summed E-state index contributed by atoms with van der Waals surface area (Å²) in [6.45, 7) is 6.98. The van der Waals surface area contributed by atoms with Crippen LogP contribution in [0.2, 0.25) is 0 Å². The Morgan fingerprint density at radius 2 is 1.89 bits per heavy atom. The van der Waals surface area contributed by atoms with Crippen LogP contribution in [0.25, 0.3) is 11.2 Å². The number of nitrogens with zero attached hydrogens (tertiary/aromatic N) is 5. The van der Waals surface area contributed by atoms with Gasteiger partial charge in [-0.2, -0.15) is 23.1 Å². The third kappa shape index (κ3) is 6.13. The fourth-order valence-electron chi connectivity index (χ4n) is 3.62. The third-order valence-electron chi connectivity index (χ3n) is 5.44. The molecule has 1 aliphatic rings. The first-order valence-electron chi connectivity index (χ1n) is 11.4. The van der Waals surface area contributed by atoms with E-state index in [-0.39, 0.29) is 30.3 Å². The van der Waals surface area contributed by atoms with Crippen molar-refractivity contribution < 1.29 is 37.0 Å². The number of halogens is 3. The van der Waals surface area contributed by atoms with Crippen molar-refractivity contribution in [2.75, 3.05) is 37.7 Å². The van der Waals surface area contributed by atoms with E-state index in [1.807, 2.05) is 4.90 Å². The molecule has 1 fully saturated rings. The summed E-state index contributed by atoms with van der Waals surface area (Å²) < 4.78 is 55.6. The first-order chi connectivity index (χ1) is 17.5. The number of carbonyl (C=O) groups excluding carboxylic acids is 2. The molecule has 2 aromatic rings. The fourth-order valence-corrected chi connectivity index (χ4v) is 3.62. The maximum atomic E-state index is 13.3. The number of alkyl halides is 3. The van der Waals surface area contributed by atoms with Gasteiger partial charge in [0.15, 0.2) is 11.2 Å². The first kappa shape index (κ1) is 27.8. The summed E-state index contributed by atoms with van der Waals surface area (Å²) in [6, 6.07) is -0.347. The van der Waals surface area contributed by atoms with E-state index in [1.165, 1.54) is 20.9 Å². The lowest BCUT2D eigenvalue weighted by atomic mass is 10.2. The van der Waals surface area contributed by atoms with E-state index in [0.717, 1.165) is 4.57 Å². The number of hydrogen-bond donors (Lipinski definition) is 1. The molecular formula is C22H27F3N6O6. The number of ether oxygens (including phenoxy) is 3. The van der Waals surface area contributed by atoms with Gasteiger partial charge in [-0.3, -0.25) is 13.9 Å². The van der Waals surface area contributed by atoms with E-state index in [4.69, 9.17) is 9.47 Å². The maximum absolute atomic E-state index is 13.3. The molecule has 0 amide bonds. The van der Waals surface area contributed by atoms with Crippen molar-refractivity contribution in [1.82, 2.24) is 24.4 Å². The van der Waals surface area contributed by atoms with Crippen LogP contribution in [0, 0.1) is 11.8 Å². The monoisotopic (exact) mass is 528 g/mol. The number of esters is 2. The molecule has 12 nitrogen and oxygen atoms in total. The minimum Gasteiger partial charge on any atom is -0.463 e. The van der Waals surface area contributed by atoms with Crippen molar-refractivity contribution in [3.63, 3.8) is 0 Å². The minimum atomic E-state index is -5.34. The SMILES string of the molecule is CC#CCn1c(N2CCNCC2)nc2nc(OC(C)C(OC(=O)C(F)(F)F)C(=O)OCC)n(C)c(=O)c21. The molecule has 3 rings (SSSR count). The number of aromatic nitrogens is 4. The lowest BCUT2D eigenvalue weighted by Gasteiger charge is -2.28. The van der Waals surface area contributed by atoms with E-state index >= 15 is 0 Å². The molecule has 37 heavy (non-hydrogen) atoms. The van der Waals surface area contributed by atoms with Gasteiger partial charge in [-0.25, -0.2) is 9.59 Å². The van der Waals surface area contributed by atoms with Gasteiger partial charge in [0.05, 0.1) is 13.2 Å². The molecule has 0 spiro atoms. The molecule has 2 aromatic heterocycles. The number of fused-ring (bicyclic) bond motifs is 1. The van der Waals surface area contributed by atoms with E-state index in [0.29, 0.717) is 32.1 Å². The zero-order valence-corrected chi connectivity index (χ0v) is 20.7. The van der Waals surface area contributed by atoms with Gasteiger partial charge >= 0.3 is 24.1 Å². The Morgan fingerprint density at radius 1 is 1.22 bits per heavy atom. The smallest absolute Gasteiger partial charge is 0.463 e. The normalized spacial score (nSPS) is 15.5. The van der Waals surface area contributed by atoms with Crippen molar-refractivity contribution in [2.24, 2.45) is 7.05 Å². The highest BCUT2D eigenvalue weighted by Crippen LogP contribution is 2.23. The topological polar surface area (TPSA) is 130 Å². The second kappa shape index (κ2) is 11.5. The molecule has 0 aliphatic carbocycles. The summed E-state index contributed by atoms with van der Waals surface area (Å²) in [4.78, 5) is 47.7. The predicted molar refractivity (Wildman–Crippen MR) is 124 cm³/mol. The molecule has 15 heteroatoms. The summed E-state index contributed by atoms with van der Waals surface area (Å²) in [5.41, 5.74) is -0.375. The first-order valence-corrected chi connectivity index (χ1v) is 11.4. The highest BCUT2D eigenvalue weighted by Gasteiger charge is 2.45. The molecule has 0 radical (unpaired) electrons. The highest BCUT2D eigenvalue weighted by molar-refractivity contribution is 5.82. The second-order valence-corrected chi connectivity index (χ2v) is 7.99. The minimum absolute atomic E-state index is 0.0247. The van der Waals surface area contributed by atoms with Gasteiger partial charge in [-0.15, -0.1) is 5.92 Å². The number of hydrogen-bond acceptors (Lipinski definition) is 10. The van der Waals surface area contributed by atoms with Crippen LogP contribution in [-0.2, 0) is 32.7 Å². The molecule has 202 valence electrons. The molecule has 1 saturated heterocycles. The number of rotatable bonds is 8. The Hall–Kier alpha value is -3.80. The van der Waals surface area contributed by atoms with Crippen LogP contribution in [0.4, 0.5) is 19.1 Å². The van der Waals surface area contributed by atoms with Gasteiger partial charge in [-0.1, -0.05) is 5.92 Å². The van der Waals surface area contributed by atoms with E-state index in [9.17, 15) is 27.6 Å². The fraction of sp³-hybridized carbons (Fsp3) is 0.591. The Labute approximate surface area is 209 Å². The highest BCUT2D eigenvalue weighted by atomic mass is 19.4. The van der Waals surface area contributed by atoms with Crippen LogP contribution >= 0.6 is 0 Å². The third-order valence-corrected chi connectivity index (χ3v) is 5.44. The quantitative estimate of drug-likeness (QED) is 0.379. The lowest BCUT2D eigenvalue weighted by Crippen LogP contribution is -2.44. The van der Waals surface area contributed by atoms with Gasteiger partial charge in [0.25, 0.3) is 5.56 Å². The number of anilines is 1. The summed E-state index contributed by atoms with van der Waals surface area (Å²) in [5.74, 6) is 2.35. The number of imidazole rings is 1. The second-order valence-electron chi connectivity index (χ2n) is 7.99. The number of carbonyl (C=O) groups is 2. The van der Waals surface area contributed by atoms with Crippen LogP contribution in [0.1, 0.15) is 20.8 Å². The van der Waals surface area contributed by atoms with Crippen molar-refractivity contribution in [3.8, 4) is 17.9 Å². The Morgan fingerprint density at radius 3 is 2.49 bits per heavy atom. The Balaban J connectivity index is 2.01. The Bertz CT molecular complexity index is 1270. The van der Waals surface area contributed by atoms with Crippen LogP contribution in [0.3, 0.4) is 0 Å². The van der Waals surface area contributed by atoms with Crippen molar-refractivity contribution in [3.05, 3.63) is 10.4 Å². The summed E-state index contributed by atoms with van der Waals surface area (Å²) >= 11 is 0. The van der Waals surface area contributed by atoms with Gasteiger partial charge in [-0.05, 0) is 20.8 Å². The number of nitrogens with one attached hydrogen (secondary N) is 1. The molecule has 0 bridgehead atoms. The molecule has 2 unspecified atom stereocenters. The van der Waals surface area contributed by atoms with E-state index in [2.05, 4.69) is 31.9 Å². The molecule has 0 aromatic carbocycles. The van der Waals surface area contributed by atoms with Crippen LogP contribution < -0.4 is 20.5 Å². The standard InChI is InChI=1S/C22H27F3N6O6/c1-5-7-10-31-14-16(27-20(31)30-11-8-26-9-12-30)28-21(29(4)17(14)32)36-13(3)15(18(33)35-6-2)37-19(34)22(23,24)25/h13,15,26H,6,8-12H2,1-4H3. The van der Waals surface area contributed by atoms with E-state index in [1.54, 1.807) is 11.5 Å². The van der Waals surface area contributed by atoms with Crippen LogP contribution in [0.5, 0.6) is 6.01 Å². The van der Waals surface area contributed by atoms with Gasteiger partial charge in [0, 0.05) is 33.2 Å². The zero-order chi connectivity index (χ0) is 27.3. The average Bonchev–Trinajstić information content (AvgIpc) is 3.22.